The lowest BCUT2D eigenvalue weighted by Crippen LogP contribution is -2.38. The van der Waals surface area contributed by atoms with Crippen molar-refractivity contribution in [3.8, 4) is 0 Å². The molecule has 6 nitrogen and oxygen atoms in total. The molecule has 1 saturated carbocycles. The van der Waals surface area contributed by atoms with Crippen LogP contribution < -0.4 is 0 Å². The van der Waals surface area contributed by atoms with Gasteiger partial charge in [-0.25, -0.2) is 16.8 Å². The van der Waals surface area contributed by atoms with E-state index in [-0.39, 0.29) is 15.8 Å². The zero-order chi connectivity index (χ0) is 18.1. The lowest BCUT2D eigenvalue weighted by Gasteiger charge is -2.30. The molecule has 1 saturated heterocycles. The predicted octanol–water partition coefficient (Wildman–Crippen LogP) is 2.42. The van der Waals surface area contributed by atoms with Crippen molar-refractivity contribution in [2.45, 2.75) is 60.8 Å². The van der Waals surface area contributed by atoms with Crippen LogP contribution in [-0.2, 0) is 20.0 Å². The van der Waals surface area contributed by atoms with E-state index in [9.17, 15) is 16.8 Å². The number of sulfonamides is 2. The Balaban J connectivity index is 1.89. The van der Waals surface area contributed by atoms with Gasteiger partial charge in [0.15, 0.2) is 0 Å². The smallest absolute Gasteiger partial charge is 0.207 e. The minimum absolute atomic E-state index is 0.00223. The maximum Gasteiger partial charge on any atom is 0.243 e. The quantitative estimate of drug-likeness (QED) is 0.779. The first-order valence-corrected chi connectivity index (χ1v) is 11.8. The number of hydrogen-bond acceptors (Lipinski definition) is 4. The highest BCUT2D eigenvalue weighted by atomic mass is 32.2. The van der Waals surface area contributed by atoms with Gasteiger partial charge in [-0.2, -0.15) is 8.61 Å². The maximum atomic E-state index is 12.9. The molecule has 0 radical (unpaired) electrons. The van der Waals surface area contributed by atoms with Crippen LogP contribution in [0.15, 0.2) is 34.1 Å². The van der Waals surface area contributed by atoms with Crippen molar-refractivity contribution >= 4 is 20.0 Å². The monoisotopic (exact) mass is 386 g/mol. The molecule has 0 spiro atoms. The first-order valence-electron chi connectivity index (χ1n) is 8.92. The second-order valence-electron chi connectivity index (χ2n) is 6.90. The molecule has 25 heavy (non-hydrogen) atoms. The van der Waals surface area contributed by atoms with Gasteiger partial charge in [0.2, 0.25) is 20.0 Å². The van der Waals surface area contributed by atoms with Crippen LogP contribution in [0, 0.1) is 0 Å². The Morgan fingerprint density at radius 2 is 1.52 bits per heavy atom. The molecule has 140 valence electrons. The summed E-state index contributed by atoms with van der Waals surface area (Å²) >= 11 is 0. The zero-order valence-corrected chi connectivity index (χ0v) is 16.2. The third-order valence-electron chi connectivity index (χ3n) is 5.27. The summed E-state index contributed by atoms with van der Waals surface area (Å²) in [6.07, 6.45) is 6.64. The summed E-state index contributed by atoms with van der Waals surface area (Å²) in [7, 11) is -5.71. The fraction of sp³-hybridized carbons (Fsp3) is 0.647. The van der Waals surface area contributed by atoms with Gasteiger partial charge in [-0.3, -0.25) is 0 Å². The molecule has 0 unspecified atom stereocenters. The summed E-state index contributed by atoms with van der Waals surface area (Å²) in [5.74, 6) is 0. The highest BCUT2D eigenvalue weighted by Crippen LogP contribution is 2.28. The molecule has 1 aliphatic heterocycles. The molecule has 3 rings (SSSR count). The maximum absolute atomic E-state index is 12.9. The highest BCUT2D eigenvalue weighted by molar-refractivity contribution is 7.90. The summed E-state index contributed by atoms with van der Waals surface area (Å²) in [4.78, 5) is 0.119. The van der Waals surface area contributed by atoms with E-state index in [2.05, 4.69) is 0 Å². The van der Waals surface area contributed by atoms with Crippen molar-refractivity contribution in [2.24, 2.45) is 0 Å². The molecule has 0 bridgehead atoms. The van der Waals surface area contributed by atoms with Crippen LogP contribution in [0.4, 0.5) is 0 Å². The summed E-state index contributed by atoms with van der Waals surface area (Å²) in [6.45, 7) is 1.00. The SMILES string of the molecule is CN(C1CCCCC1)S(=O)(=O)c1cccc(S(=O)(=O)N2CCCC2)c1. The van der Waals surface area contributed by atoms with Gasteiger partial charge in [0, 0.05) is 26.2 Å². The van der Waals surface area contributed by atoms with Gasteiger partial charge in [-0.1, -0.05) is 25.3 Å². The summed E-state index contributed by atoms with van der Waals surface area (Å²) in [5, 5.41) is 0. The lowest BCUT2D eigenvalue weighted by atomic mass is 9.96. The van der Waals surface area contributed by atoms with Crippen molar-refractivity contribution < 1.29 is 16.8 Å². The molecule has 0 amide bonds. The molecule has 1 heterocycles. The molecular weight excluding hydrogens is 360 g/mol. The van der Waals surface area contributed by atoms with Crippen molar-refractivity contribution in [1.82, 2.24) is 8.61 Å². The van der Waals surface area contributed by atoms with E-state index in [0.717, 1.165) is 44.9 Å². The molecular formula is C17H26N2O4S2. The van der Waals surface area contributed by atoms with Crippen LogP contribution in [-0.4, -0.2) is 51.6 Å². The van der Waals surface area contributed by atoms with Gasteiger partial charge in [0.1, 0.15) is 0 Å². The first-order chi connectivity index (χ1) is 11.8. The lowest BCUT2D eigenvalue weighted by molar-refractivity contribution is 0.286. The number of rotatable bonds is 5. The van der Waals surface area contributed by atoms with Crippen LogP contribution >= 0.6 is 0 Å². The second kappa shape index (κ2) is 7.34. The van der Waals surface area contributed by atoms with Crippen molar-refractivity contribution in [1.29, 1.82) is 0 Å². The second-order valence-corrected chi connectivity index (χ2v) is 10.8. The molecule has 2 aliphatic rings. The summed E-state index contributed by atoms with van der Waals surface area (Å²) in [6, 6.07) is 5.79. The molecule has 1 aromatic carbocycles. The Morgan fingerprint density at radius 3 is 2.16 bits per heavy atom. The molecule has 1 aliphatic carbocycles. The largest absolute Gasteiger partial charge is 0.243 e. The van der Waals surface area contributed by atoms with E-state index in [0.29, 0.717) is 13.1 Å². The van der Waals surface area contributed by atoms with Crippen LogP contribution in [0.5, 0.6) is 0 Å². The first kappa shape index (κ1) is 18.8. The zero-order valence-electron chi connectivity index (χ0n) is 14.6. The van der Waals surface area contributed by atoms with Crippen LogP contribution in [0.3, 0.4) is 0 Å². The average Bonchev–Trinajstić information content (AvgIpc) is 3.17. The van der Waals surface area contributed by atoms with Gasteiger partial charge in [0.25, 0.3) is 0 Å². The van der Waals surface area contributed by atoms with Gasteiger partial charge >= 0.3 is 0 Å². The predicted molar refractivity (Wildman–Crippen MR) is 96.3 cm³/mol. The minimum Gasteiger partial charge on any atom is -0.207 e. The average molecular weight is 387 g/mol. The van der Waals surface area contributed by atoms with E-state index in [4.69, 9.17) is 0 Å². The molecule has 8 heteroatoms. The van der Waals surface area contributed by atoms with Crippen LogP contribution in [0.1, 0.15) is 44.9 Å². The fourth-order valence-corrected chi connectivity index (χ4v) is 6.78. The van der Waals surface area contributed by atoms with Gasteiger partial charge in [0.05, 0.1) is 9.79 Å². The molecule has 2 fully saturated rings. The summed E-state index contributed by atoms with van der Waals surface area (Å²) < 4.78 is 54.2. The summed E-state index contributed by atoms with van der Waals surface area (Å²) in [5.41, 5.74) is 0. The Bertz CT molecular complexity index is 809. The number of nitrogens with zero attached hydrogens (tertiary/aromatic N) is 2. The molecule has 0 N–H and O–H groups in total. The van der Waals surface area contributed by atoms with Gasteiger partial charge in [-0.15, -0.1) is 0 Å². The van der Waals surface area contributed by atoms with Gasteiger partial charge < -0.3 is 0 Å². The van der Waals surface area contributed by atoms with E-state index >= 15 is 0 Å². The van der Waals surface area contributed by atoms with Gasteiger partial charge in [-0.05, 0) is 43.9 Å². The molecule has 0 aromatic heterocycles. The van der Waals surface area contributed by atoms with Crippen molar-refractivity contribution in [3.63, 3.8) is 0 Å². The van der Waals surface area contributed by atoms with Crippen LogP contribution in [0.25, 0.3) is 0 Å². The number of benzene rings is 1. The van der Waals surface area contributed by atoms with E-state index in [1.807, 2.05) is 0 Å². The van der Waals surface area contributed by atoms with Crippen molar-refractivity contribution in [2.75, 3.05) is 20.1 Å². The highest BCUT2D eigenvalue weighted by Gasteiger charge is 2.31. The Kier molecular flexibility index (Phi) is 5.53. The minimum atomic E-state index is -3.69. The normalized spacial score (nSPS) is 21.0. The number of hydrogen-bond donors (Lipinski definition) is 0. The fourth-order valence-electron chi connectivity index (χ4n) is 3.68. The Morgan fingerprint density at radius 1 is 0.920 bits per heavy atom. The topological polar surface area (TPSA) is 74.8 Å². The Hall–Kier alpha value is -0.960. The third-order valence-corrected chi connectivity index (χ3v) is 9.07. The van der Waals surface area contributed by atoms with E-state index in [1.165, 1.54) is 32.9 Å². The van der Waals surface area contributed by atoms with E-state index < -0.39 is 20.0 Å². The third kappa shape index (κ3) is 3.77. The standard InChI is InChI=1S/C17H26N2O4S2/c1-18(15-8-3-2-4-9-15)24(20,21)16-10-7-11-17(14-16)25(22,23)19-12-5-6-13-19/h7,10-11,14-15H,2-6,8-9,12-13H2,1H3. The molecule has 0 atom stereocenters. The van der Waals surface area contributed by atoms with E-state index in [1.54, 1.807) is 7.05 Å². The van der Waals surface area contributed by atoms with Crippen LogP contribution in [0.2, 0.25) is 0 Å². The Labute approximate surface area is 150 Å². The molecule has 1 aromatic rings. The van der Waals surface area contributed by atoms with Crippen molar-refractivity contribution in [3.05, 3.63) is 24.3 Å².